The van der Waals surface area contributed by atoms with Crippen LogP contribution in [0.15, 0.2) is 30.3 Å². The van der Waals surface area contributed by atoms with Crippen LogP contribution in [0.25, 0.3) is 0 Å². The van der Waals surface area contributed by atoms with Gasteiger partial charge in [0.2, 0.25) is 0 Å². The minimum atomic E-state index is -0.711. The summed E-state index contributed by atoms with van der Waals surface area (Å²) in [6.07, 6.45) is 0. The fourth-order valence-electron chi connectivity index (χ4n) is 3.30. The van der Waals surface area contributed by atoms with Crippen molar-refractivity contribution in [2.75, 3.05) is 12.9 Å². The molecule has 0 unspecified atom stereocenters. The Morgan fingerprint density at radius 3 is 2.35 bits per heavy atom. The molecule has 166 valence electrons. The first kappa shape index (κ1) is 24.1. The quantitative estimate of drug-likeness (QED) is 0.412. The third kappa shape index (κ3) is 4.80. The second-order valence-corrected chi connectivity index (χ2v) is 10.1. The van der Waals surface area contributed by atoms with Crippen molar-refractivity contribution in [3.8, 4) is 5.75 Å². The van der Waals surface area contributed by atoms with Crippen LogP contribution in [0.4, 0.5) is 4.39 Å². The lowest BCUT2D eigenvalue weighted by atomic mass is 9.73. The van der Waals surface area contributed by atoms with E-state index in [9.17, 15) is 9.18 Å². The average molecular weight is 465 g/mol. The summed E-state index contributed by atoms with van der Waals surface area (Å²) in [5.74, 6) is 0.783. The van der Waals surface area contributed by atoms with Crippen molar-refractivity contribution in [1.82, 2.24) is 0 Å². The van der Waals surface area contributed by atoms with Gasteiger partial charge in [-0.2, -0.15) is 11.8 Å². The highest BCUT2D eigenvalue weighted by Crippen LogP contribution is 2.37. The van der Waals surface area contributed by atoms with Gasteiger partial charge in [-0.25, -0.2) is 4.39 Å². The number of thioether (sulfide) groups is 1. The highest BCUT2D eigenvalue weighted by molar-refractivity contribution is 7.98. The molecule has 2 aromatic carbocycles. The third-order valence-corrected chi connectivity index (χ3v) is 7.09. The van der Waals surface area contributed by atoms with E-state index < -0.39 is 24.1 Å². The minimum Gasteiger partial charge on any atom is -0.494 e. The van der Waals surface area contributed by atoms with E-state index in [1.165, 1.54) is 13.2 Å². The van der Waals surface area contributed by atoms with E-state index in [0.717, 1.165) is 23.1 Å². The molecule has 0 saturated carbocycles. The Labute approximate surface area is 192 Å². The fraction of sp³-hybridized carbons (Fsp3) is 0.435. The highest BCUT2D eigenvalue weighted by Gasteiger charge is 2.52. The van der Waals surface area contributed by atoms with Gasteiger partial charge in [0.05, 0.1) is 23.3 Å². The first-order chi connectivity index (χ1) is 14.5. The van der Waals surface area contributed by atoms with Crippen LogP contribution in [0.5, 0.6) is 5.75 Å². The SMILES string of the molecule is CCSCc1ccc(C(=O)c2cc(OC)c(F)cc2Cl)c(B2OC(C)(C)C(C)(C)O2)c1. The third-order valence-electron chi connectivity index (χ3n) is 5.83. The van der Waals surface area contributed by atoms with Crippen LogP contribution in [-0.2, 0) is 15.1 Å². The molecule has 0 atom stereocenters. The lowest BCUT2D eigenvalue weighted by Gasteiger charge is -2.32. The van der Waals surface area contributed by atoms with Gasteiger partial charge in [0.25, 0.3) is 0 Å². The normalized spacial score (nSPS) is 17.1. The average Bonchev–Trinajstić information content (AvgIpc) is 2.93. The first-order valence-electron chi connectivity index (χ1n) is 10.1. The fourth-order valence-corrected chi connectivity index (χ4v) is 4.15. The molecule has 2 aromatic rings. The van der Waals surface area contributed by atoms with Gasteiger partial charge in [0.15, 0.2) is 17.3 Å². The molecule has 0 aromatic heterocycles. The molecule has 0 amide bonds. The van der Waals surface area contributed by atoms with E-state index >= 15 is 0 Å². The van der Waals surface area contributed by atoms with E-state index in [-0.39, 0.29) is 22.1 Å². The van der Waals surface area contributed by atoms with Crippen molar-refractivity contribution in [1.29, 1.82) is 0 Å². The Hall–Kier alpha value is -1.54. The Bertz CT molecular complexity index is 980. The lowest BCUT2D eigenvalue weighted by Crippen LogP contribution is -2.41. The predicted molar refractivity (Wildman–Crippen MR) is 125 cm³/mol. The number of ketones is 1. The number of ether oxygens (including phenoxy) is 1. The maximum absolute atomic E-state index is 14.0. The van der Waals surface area contributed by atoms with Crippen molar-refractivity contribution < 1.29 is 23.2 Å². The highest BCUT2D eigenvalue weighted by atomic mass is 35.5. The molecule has 1 aliphatic rings. The number of benzene rings is 2. The van der Waals surface area contributed by atoms with Gasteiger partial charge in [0.1, 0.15) is 0 Å². The van der Waals surface area contributed by atoms with Crippen LogP contribution in [0.2, 0.25) is 5.02 Å². The Balaban J connectivity index is 2.09. The standard InChI is InChI=1S/C23H27BClFO4S/c1-7-31-13-14-8-9-15(17(10-14)24-29-22(2,3)23(4,5)30-24)21(27)16-11-20(28-6)19(26)12-18(16)25/h8-12H,7,13H2,1-6H3. The first-order valence-corrected chi connectivity index (χ1v) is 11.7. The van der Waals surface area contributed by atoms with Crippen molar-refractivity contribution in [2.45, 2.75) is 51.6 Å². The van der Waals surface area contributed by atoms with E-state index in [4.69, 9.17) is 25.6 Å². The zero-order valence-corrected chi connectivity index (χ0v) is 20.2. The van der Waals surface area contributed by atoms with Crippen molar-refractivity contribution >= 4 is 41.7 Å². The van der Waals surface area contributed by atoms with Gasteiger partial charge in [-0.1, -0.05) is 36.7 Å². The molecule has 8 heteroatoms. The number of halogens is 2. The van der Waals surface area contributed by atoms with Crippen molar-refractivity contribution in [3.05, 3.63) is 57.9 Å². The molecule has 0 bridgehead atoms. The Morgan fingerprint density at radius 1 is 1.13 bits per heavy atom. The molecule has 1 fully saturated rings. The van der Waals surface area contributed by atoms with E-state index in [1.54, 1.807) is 17.8 Å². The lowest BCUT2D eigenvalue weighted by molar-refractivity contribution is 0.00578. The van der Waals surface area contributed by atoms with Gasteiger partial charge < -0.3 is 14.0 Å². The second-order valence-electron chi connectivity index (χ2n) is 8.44. The smallest absolute Gasteiger partial charge is 0.494 e. The molecular formula is C23H27BClFO4S. The summed E-state index contributed by atoms with van der Waals surface area (Å²) in [4.78, 5) is 13.5. The number of rotatable bonds is 7. The summed E-state index contributed by atoms with van der Waals surface area (Å²) in [6.45, 7) is 9.96. The monoisotopic (exact) mass is 464 g/mol. The maximum atomic E-state index is 14.0. The van der Waals surface area contributed by atoms with Crippen LogP contribution < -0.4 is 10.2 Å². The molecule has 1 aliphatic heterocycles. The molecular weight excluding hydrogens is 438 g/mol. The van der Waals surface area contributed by atoms with Crippen molar-refractivity contribution in [2.24, 2.45) is 0 Å². The van der Waals surface area contributed by atoms with Crippen LogP contribution >= 0.6 is 23.4 Å². The number of methoxy groups -OCH3 is 1. The van der Waals surface area contributed by atoms with Crippen molar-refractivity contribution in [3.63, 3.8) is 0 Å². The van der Waals surface area contributed by atoms with Crippen LogP contribution in [0.3, 0.4) is 0 Å². The van der Waals surface area contributed by atoms with Gasteiger partial charge in [-0.3, -0.25) is 4.79 Å². The van der Waals surface area contributed by atoms with Gasteiger partial charge in [-0.15, -0.1) is 0 Å². The second kappa shape index (κ2) is 9.14. The van der Waals surface area contributed by atoms with Crippen LogP contribution in [-0.4, -0.2) is 37.0 Å². The van der Waals surface area contributed by atoms with E-state index in [2.05, 4.69) is 6.92 Å². The number of carbonyl (C=O) groups excluding carboxylic acids is 1. The maximum Gasteiger partial charge on any atom is 0.495 e. The topological polar surface area (TPSA) is 44.8 Å². The molecule has 0 N–H and O–H groups in total. The van der Waals surface area contributed by atoms with Gasteiger partial charge in [-0.05, 0) is 56.6 Å². The number of hydrogen-bond donors (Lipinski definition) is 0. The summed E-state index contributed by atoms with van der Waals surface area (Å²) >= 11 is 8.01. The minimum absolute atomic E-state index is 0.0220. The molecule has 3 rings (SSSR count). The molecule has 31 heavy (non-hydrogen) atoms. The summed E-state index contributed by atoms with van der Waals surface area (Å²) in [5.41, 5.74) is 1.16. The van der Waals surface area contributed by atoms with E-state index in [1.807, 2.05) is 39.8 Å². The van der Waals surface area contributed by atoms with Gasteiger partial charge in [0, 0.05) is 16.9 Å². The summed E-state index contributed by atoms with van der Waals surface area (Å²) < 4.78 is 31.5. The Morgan fingerprint density at radius 2 is 1.77 bits per heavy atom. The van der Waals surface area contributed by atoms with Crippen LogP contribution in [0, 0.1) is 5.82 Å². The molecule has 4 nitrogen and oxygen atoms in total. The summed E-state index contributed by atoms with van der Waals surface area (Å²) in [7, 11) is 0.632. The summed E-state index contributed by atoms with van der Waals surface area (Å²) in [5, 5.41) is 0.0220. The molecule has 0 spiro atoms. The molecule has 0 aliphatic carbocycles. The largest absolute Gasteiger partial charge is 0.495 e. The predicted octanol–water partition coefficient (Wildman–Crippen LogP) is 5.27. The molecule has 1 heterocycles. The van der Waals surface area contributed by atoms with Gasteiger partial charge >= 0.3 is 7.12 Å². The molecule has 1 saturated heterocycles. The zero-order chi connectivity index (χ0) is 23.0. The Kier molecular flexibility index (Phi) is 7.11. The number of hydrogen-bond acceptors (Lipinski definition) is 5. The molecule has 0 radical (unpaired) electrons. The van der Waals surface area contributed by atoms with Crippen LogP contribution in [0.1, 0.15) is 56.1 Å². The summed E-state index contributed by atoms with van der Waals surface area (Å²) in [6, 6.07) is 8.05. The van der Waals surface area contributed by atoms with E-state index in [0.29, 0.717) is 11.0 Å². The number of carbonyl (C=O) groups is 1. The zero-order valence-electron chi connectivity index (χ0n) is 18.7.